The number of aryl methyl sites for hydroxylation is 1. The molecule has 2 rings (SSSR count). The number of fused-ring (bicyclic) bond motifs is 1. The molecule has 0 aromatic heterocycles. The molecule has 0 radical (unpaired) electrons. The molecule has 1 atom stereocenters. The molecule has 16 heavy (non-hydrogen) atoms. The van der Waals surface area contributed by atoms with Crippen molar-refractivity contribution in [2.75, 3.05) is 5.21 Å². The lowest BCUT2D eigenvalue weighted by Gasteiger charge is -2.25. The molecular formula is C11H14ClNO2S. The molecule has 0 saturated carbocycles. The Morgan fingerprint density at radius 2 is 2.12 bits per heavy atom. The molecule has 0 heterocycles. The van der Waals surface area contributed by atoms with Crippen LogP contribution in [0.3, 0.4) is 0 Å². The van der Waals surface area contributed by atoms with Gasteiger partial charge in [-0.05, 0) is 30.4 Å². The van der Waals surface area contributed by atoms with E-state index in [-0.39, 0.29) is 11.3 Å². The van der Waals surface area contributed by atoms with E-state index < -0.39 is 10.0 Å². The third-order valence-corrected chi connectivity index (χ3v) is 4.63. The quantitative estimate of drug-likeness (QED) is 0.846. The van der Waals surface area contributed by atoms with E-state index in [0.29, 0.717) is 0 Å². The molecule has 0 bridgehead atoms. The zero-order valence-corrected chi connectivity index (χ0v) is 10.4. The maximum absolute atomic E-state index is 11.4. The van der Waals surface area contributed by atoms with Gasteiger partial charge in [0.05, 0.1) is 0 Å². The Morgan fingerprint density at radius 3 is 2.88 bits per heavy atom. The van der Waals surface area contributed by atoms with Crippen LogP contribution < -0.4 is 4.72 Å². The van der Waals surface area contributed by atoms with Crippen LogP contribution in [0.5, 0.6) is 0 Å². The van der Waals surface area contributed by atoms with E-state index >= 15 is 0 Å². The van der Waals surface area contributed by atoms with Crippen molar-refractivity contribution in [1.82, 2.24) is 4.72 Å². The van der Waals surface area contributed by atoms with Crippen LogP contribution in [0, 0.1) is 0 Å². The first-order chi connectivity index (χ1) is 7.62. The summed E-state index contributed by atoms with van der Waals surface area (Å²) in [5, 5.41) is -0.383. The molecule has 1 aromatic rings. The zero-order chi connectivity index (χ0) is 11.6. The summed E-state index contributed by atoms with van der Waals surface area (Å²) in [5.41, 5.74) is 2.32. The first kappa shape index (κ1) is 11.9. The van der Waals surface area contributed by atoms with Crippen molar-refractivity contribution in [2.24, 2.45) is 0 Å². The summed E-state index contributed by atoms with van der Waals surface area (Å²) in [5.74, 6) is 0. The van der Waals surface area contributed by atoms with Gasteiger partial charge in [-0.25, -0.2) is 13.1 Å². The predicted molar refractivity (Wildman–Crippen MR) is 64.9 cm³/mol. The lowest BCUT2D eigenvalue weighted by Crippen LogP contribution is -2.31. The molecule has 1 aliphatic rings. The molecular weight excluding hydrogens is 246 g/mol. The lowest BCUT2D eigenvalue weighted by atomic mass is 9.88. The number of nitrogens with one attached hydrogen (secondary N) is 1. The minimum Gasteiger partial charge on any atom is -0.211 e. The normalized spacial score (nSPS) is 20.4. The number of hydrogen-bond acceptors (Lipinski definition) is 2. The molecule has 1 aromatic carbocycles. The molecule has 0 unspecified atom stereocenters. The topological polar surface area (TPSA) is 46.2 Å². The van der Waals surface area contributed by atoms with Crippen molar-refractivity contribution in [3.63, 3.8) is 0 Å². The minimum absolute atomic E-state index is 0.117. The standard InChI is InChI=1S/C11H14ClNO2S/c12-8-16(14,15)13-11-7-3-5-9-4-1-2-6-10(9)11/h1-2,4,6,11,13H,3,5,7-8H2/t11-/m1/s1. The van der Waals surface area contributed by atoms with Crippen LogP contribution in [-0.2, 0) is 16.4 Å². The molecule has 0 aliphatic heterocycles. The second kappa shape index (κ2) is 4.73. The van der Waals surface area contributed by atoms with E-state index in [9.17, 15) is 8.42 Å². The Bertz CT molecular complexity index is 473. The maximum atomic E-state index is 11.4. The van der Waals surface area contributed by atoms with Crippen molar-refractivity contribution >= 4 is 21.6 Å². The molecule has 3 nitrogen and oxygen atoms in total. The van der Waals surface area contributed by atoms with E-state index in [4.69, 9.17) is 11.6 Å². The molecule has 0 amide bonds. The minimum atomic E-state index is -3.35. The molecule has 5 heteroatoms. The fourth-order valence-corrected chi connectivity index (χ4v) is 3.05. The van der Waals surface area contributed by atoms with E-state index in [2.05, 4.69) is 10.8 Å². The van der Waals surface area contributed by atoms with Gasteiger partial charge in [0.25, 0.3) is 0 Å². The average molecular weight is 260 g/mol. The molecule has 1 aliphatic carbocycles. The Kier molecular flexibility index (Phi) is 3.52. The van der Waals surface area contributed by atoms with Crippen LogP contribution in [0.2, 0.25) is 0 Å². The number of hydrogen-bond donors (Lipinski definition) is 1. The Morgan fingerprint density at radius 1 is 1.38 bits per heavy atom. The number of benzene rings is 1. The van der Waals surface area contributed by atoms with Gasteiger partial charge in [0, 0.05) is 6.04 Å². The Hall–Kier alpha value is -0.580. The summed E-state index contributed by atoms with van der Waals surface area (Å²) < 4.78 is 25.5. The predicted octanol–water partition coefficient (Wildman–Crippen LogP) is 2.18. The van der Waals surface area contributed by atoms with E-state index in [0.717, 1.165) is 24.8 Å². The summed E-state index contributed by atoms with van der Waals surface area (Å²) in [6.07, 6.45) is 2.87. The van der Waals surface area contributed by atoms with Crippen molar-refractivity contribution in [3.05, 3.63) is 35.4 Å². The van der Waals surface area contributed by atoms with Gasteiger partial charge in [-0.1, -0.05) is 24.3 Å². The summed E-state index contributed by atoms with van der Waals surface area (Å²) in [6, 6.07) is 7.84. The smallest absolute Gasteiger partial charge is 0.211 e. The van der Waals surface area contributed by atoms with Crippen LogP contribution in [0.1, 0.15) is 30.0 Å². The summed E-state index contributed by atoms with van der Waals surface area (Å²) in [6.45, 7) is 0. The van der Waals surface area contributed by atoms with Gasteiger partial charge in [0.15, 0.2) is 0 Å². The summed E-state index contributed by atoms with van der Waals surface area (Å²) in [4.78, 5) is 0. The van der Waals surface area contributed by atoms with Crippen LogP contribution in [0.15, 0.2) is 24.3 Å². The number of halogens is 1. The number of alkyl halides is 1. The van der Waals surface area contributed by atoms with Crippen molar-refractivity contribution in [3.8, 4) is 0 Å². The van der Waals surface area contributed by atoms with Crippen LogP contribution >= 0.6 is 11.6 Å². The molecule has 88 valence electrons. The number of rotatable bonds is 3. The third kappa shape index (κ3) is 2.56. The van der Waals surface area contributed by atoms with E-state index in [1.54, 1.807) is 0 Å². The largest absolute Gasteiger partial charge is 0.226 e. The summed E-state index contributed by atoms with van der Waals surface area (Å²) >= 11 is 5.39. The second-order valence-electron chi connectivity index (χ2n) is 3.99. The maximum Gasteiger partial charge on any atom is 0.226 e. The van der Waals surface area contributed by atoms with Gasteiger partial charge in [-0.2, -0.15) is 0 Å². The van der Waals surface area contributed by atoms with E-state index in [1.807, 2.05) is 18.2 Å². The van der Waals surface area contributed by atoms with Crippen LogP contribution in [-0.4, -0.2) is 13.6 Å². The van der Waals surface area contributed by atoms with Gasteiger partial charge in [0.2, 0.25) is 10.0 Å². The van der Waals surface area contributed by atoms with Crippen molar-refractivity contribution in [1.29, 1.82) is 0 Å². The van der Waals surface area contributed by atoms with Gasteiger partial charge >= 0.3 is 0 Å². The molecule has 0 saturated heterocycles. The SMILES string of the molecule is O=S(=O)(CCl)N[C@@H]1CCCc2ccccc21. The van der Waals surface area contributed by atoms with Gasteiger partial charge in [-0.15, -0.1) is 11.6 Å². The average Bonchev–Trinajstić information content (AvgIpc) is 2.29. The van der Waals surface area contributed by atoms with Crippen LogP contribution in [0.4, 0.5) is 0 Å². The highest BCUT2D eigenvalue weighted by atomic mass is 35.5. The lowest BCUT2D eigenvalue weighted by molar-refractivity contribution is 0.509. The monoisotopic (exact) mass is 259 g/mol. The highest BCUT2D eigenvalue weighted by Gasteiger charge is 2.23. The van der Waals surface area contributed by atoms with Gasteiger partial charge < -0.3 is 0 Å². The first-order valence-electron chi connectivity index (χ1n) is 5.26. The fraction of sp³-hybridized carbons (Fsp3) is 0.455. The van der Waals surface area contributed by atoms with E-state index in [1.165, 1.54) is 5.56 Å². The fourth-order valence-electron chi connectivity index (χ4n) is 2.12. The Labute approximate surface area is 101 Å². The number of sulfonamides is 1. The van der Waals surface area contributed by atoms with Gasteiger partial charge in [-0.3, -0.25) is 0 Å². The highest BCUT2D eigenvalue weighted by Crippen LogP contribution is 2.29. The highest BCUT2D eigenvalue weighted by molar-refractivity contribution is 7.90. The van der Waals surface area contributed by atoms with Gasteiger partial charge in [0.1, 0.15) is 5.21 Å². The summed E-state index contributed by atoms with van der Waals surface area (Å²) in [7, 11) is -3.35. The van der Waals surface area contributed by atoms with Crippen molar-refractivity contribution < 1.29 is 8.42 Å². The Balaban J connectivity index is 2.26. The second-order valence-corrected chi connectivity index (χ2v) is 6.32. The zero-order valence-electron chi connectivity index (χ0n) is 8.82. The molecule has 1 N–H and O–H groups in total. The molecule has 0 spiro atoms. The van der Waals surface area contributed by atoms with Crippen LogP contribution in [0.25, 0.3) is 0 Å². The first-order valence-corrected chi connectivity index (χ1v) is 7.45. The molecule has 0 fully saturated rings. The van der Waals surface area contributed by atoms with Crippen molar-refractivity contribution in [2.45, 2.75) is 25.3 Å². The third-order valence-electron chi connectivity index (χ3n) is 2.83.